The molecule has 24 heavy (non-hydrogen) atoms. The Morgan fingerprint density at radius 2 is 1.71 bits per heavy atom. The van der Waals surface area contributed by atoms with Gasteiger partial charge in [0.1, 0.15) is 25.6 Å². The minimum atomic E-state index is -0.342. The van der Waals surface area contributed by atoms with E-state index in [0.717, 1.165) is 5.90 Å². The highest BCUT2D eigenvalue weighted by Gasteiger charge is 2.39. The quantitative estimate of drug-likeness (QED) is 0.794. The van der Waals surface area contributed by atoms with E-state index in [9.17, 15) is 0 Å². The maximum atomic E-state index is 5.89. The van der Waals surface area contributed by atoms with Crippen LogP contribution in [0.2, 0.25) is 0 Å². The van der Waals surface area contributed by atoms with Gasteiger partial charge in [-0.05, 0) is 25.7 Å². The normalized spacial score (nSPS) is 24.2. The van der Waals surface area contributed by atoms with Crippen molar-refractivity contribution in [3.05, 3.63) is 18.7 Å². The first-order valence-corrected chi connectivity index (χ1v) is 8.81. The Hall–Kier alpha value is -1.85. The van der Waals surface area contributed by atoms with Crippen molar-refractivity contribution in [2.75, 3.05) is 13.2 Å². The fraction of sp³-hybridized carbons (Fsp3) is 0.722. The van der Waals surface area contributed by atoms with Crippen LogP contribution in [0.5, 0.6) is 0 Å². The molecule has 1 aromatic rings. The van der Waals surface area contributed by atoms with Gasteiger partial charge in [0, 0.05) is 0 Å². The smallest absolute Gasteiger partial charge is 0.390 e. The van der Waals surface area contributed by atoms with E-state index in [1.807, 2.05) is 23.3 Å². The van der Waals surface area contributed by atoms with Gasteiger partial charge in [-0.2, -0.15) is 4.57 Å². The van der Waals surface area contributed by atoms with E-state index in [2.05, 4.69) is 51.1 Å². The molecule has 0 saturated heterocycles. The molecular weight excluding hydrogens is 304 g/mol. The lowest BCUT2D eigenvalue weighted by Crippen LogP contribution is -2.56. The Morgan fingerprint density at radius 3 is 2.29 bits per heavy atom. The minimum Gasteiger partial charge on any atom is -0.475 e. The third-order valence-electron chi connectivity index (χ3n) is 4.90. The highest BCUT2D eigenvalue weighted by atomic mass is 16.5. The maximum absolute atomic E-state index is 5.89. The molecule has 132 valence electrons. The highest BCUT2D eigenvalue weighted by molar-refractivity contribution is 5.83. The predicted octanol–water partition coefficient (Wildman–Crippen LogP) is 2.22. The molecule has 2 aliphatic heterocycles. The zero-order valence-electron chi connectivity index (χ0n) is 15.6. The fourth-order valence-corrected chi connectivity index (χ4v) is 2.83. The van der Waals surface area contributed by atoms with Gasteiger partial charge in [-0.25, -0.2) is 14.6 Å². The minimum absolute atomic E-state index is 0.234. The monoisotopic (exact) mass is 333 g/mol. The third-order valence-corrected chi connectivity index (χ3v) is 4.90. The molecule has 0 N–H and O–H groups in total. The molecule has 0 fully saturated rings. The Labute approximate surface area is 144 Å². The lowest BCUT2D eigenvalue weighted by atomic mass is 10.0. The van der Waals surface area contributed by atoms with Crippen molar-refractivity contribution in [2.24, 2.45) is 21.8 Å². The first-order valence-electron chi connectivity index (χ1n) is 8.81. The molecule has 0 spiro atoms. The lowest BCUT2D eigenvalue weighted by Gasteiger charge is -2.19. The summed E-state index contributed by atoms with van der Waals surface area (Å²) in [7, 11) is 0. The van der Waals surface area contributed by atoms with E-state index in [-0.39, 0.29) is 17.6 Å². The topological polar surface area (TPSA) is 52.0 Å². The Balaban J connectivity index is 1.80. The van der Waals surface area contributed by atoms with Crippen LogP contribution in [-0.4, -0.2) is 41.8 Å². The Morgan fingerprint density at radius 1 is 1.08 bits per heavy atom. The van der Waals surface area contributed by atoms with Crippen molar-refractivity contribution >= 4 is 11.9 Å². The number of ether oxygens (including phenoxy) is 2. The number of hydrogen-bond donors (Lipinski definition) is 0. The Bertz CT molecular complexity index is 658. The van der Waals surface area contributed by atoms with Crippen LogP contribution in [0.25, 0.3) is 0 Å². The average molecular weight is 333 g/mol. The number of rotatable bonds is 4. The summed E-state index contributed by atoms with van der Waals surface area (Å²) >= 11 is 0. The molecule has 0 aliphatic carbocycles. The molecule has 0 unspecified atom stereocenters. The summed E-state index contributed by atoms with van der Waals surface area (Å²) in [6.45, 7) is 14.3. The van der Waals surface area contributed by atoms with Gasteiger partial charge in [0.05, 0.1) is 12.1 Å². The maximum Gasteiger partial charge on any atom is 0.390 e. The summed E-state index contributed by atoms with van der Waals surface area (Å²) in [5.74, 6) is 1.76. The molecule has 6 nitrogen and oxygen atoms in total. The molecule has 0 saturated carbocycles. The summed E-state index contributed by atoms with van der Waals surface area (Å²) < 4.78 is 15.7. The number of imidazole rings is 1. The van der Waals surface area contributed by atoms with E-state index in [1.54, 1.807) is 0 Å². The van der Waals surface area contributed by atoms with Crippen LogP contribution >= 0.6 is 0 Å². The van der Waals surface area contributed by atoms with Crippen LogP contribution in [0.4, 0.5) is 0 Å². The predicted molar refractivity (Wildman–Crippen MR) is 93.4 cm³/mol. The van der Waals surface area contributed by atoms with Crippen molar-refractivity contribution in [3.8, 4) is 0 Å². The molecule has 0 radical (unpaired) electrons. The number of nitrogens with zero attached hydrogens (tertiary/aromatic N) is 4. The van der Waals surface area contributed by atoms with Crippen molar-refractivity contribution < 1.29 is 14.0 Å². The summed E-state index contributed by atoms with van der Waals surface area (Å²) in [5.41, 5.74) is -0.342. The first-order chi connectivity index (χ1) is 11.3. The number of aromatic nitrogens is 2. The molecule has 2 aliphatic rings. The van der Waals surface area contributed by atoms with Crippen molar-refractivity contribution in [1.82, 2.24) is 4.57 Å². The van der Waals surface area contributed by atoms with Gasteiger partial charge in [0.25, 0.3) is 6.33 Å². The van der Waals surface area contributed by atoms with Gasteiger partial charge in [-0.3, -0.25) is 0 Å². The standard InChI is InChI=1S/C18H29N4O2/c1-12(2)14-9-23-16(19-14)18(5,6)22-8-7-21(11-22)17-20-15(10-24-17)13(3)4/h7-8,11-15H,9-10H2,1-6H3/q+1/t14-,15-/m1/s1. The largest absolute Gasteiger partial charge is 0.475 e. The second kappa shape index (κ2) is 6.22. The highest BCUT2D eigenvalue weighted by Crippen LogP contribution is 2.21. The van der Waals surface area contributed by atoms with Gasteiger partial charge in [-0.1, -0.05) is 27.7 Å². The summed E-state index contributed by atoms with van der Waals surface area (Å²) in [6.07, 6.45) is 5.98. The van der Waals surface area contributed by atoms with Crippen LogP contribution in [0.15, 0.2) is 28.7 Å². The average Bonchev–Trinajstić information content (AvgIpc) is 3.25. The molecule has 0 aromatic carbocycles. The molecule has 2 atom stereocenters. The van der Waals surface area contributed by atoms with Crippen molar-refractivity contribution in [1.29, 1.82) is 0 Å². The van der Waals surface area contributed by atoms with E-state index in [1.165, 1.54) is 0 Å². The van der Waals surface area contributed by atoms with E-state index in [4.69, 9.17) is 14.5 Å². The van der Waals surface area contributed by atoms with Crippen LogP contribution in [0, 0.1) is 11.8 Å². The zero-order valence-corrected chi connectivity index (χ0v) is 15.6. The summed E-state index contributed by atoms with van der Waals surface area (Å²) in [4.78, 5) is 9.45. The van der Waals surface area contributed by atoms with Gasteiger partial charge in [0.2, 0.25) is 5.90 Å². The van der Waals surface area contributed by atoms with Crippen LogP contribution in [-0.2, 0) is 15.0 Å². The van der Waals surface area contributed by atoms with E-state index < -0.39 is 0 Å². The number of hydrogen-bond acceptors (Lipinski definition) is 4. The molecular formula is C18H29N4O2+. The molecule has 1 aromatic heterocycles. The van der Waals surface area contributed by atoms with E-state index >= 15 is 0 Å². The van der Waals surface area contributed by atoms with E-state index in [0.29, 0.717) is 31.1 Å². The second-order valence-corrected chi connectivity index (χ2v) is 7.88. The second-order valence-electron chi connectivity index (χ2n) is 7.88. The molecule has 6 heteroatoms. The third kappa shape index (κ3) is 3.06. The van der Waals surface area contributed by atoms with Crippen molar-refractivity contribution in [2.45, 2.75) is 59.2 Å². The molecule has 0 bridgehead atoms. The Kier molecular flexibility index (Phi) is 4.40. The fourth-order valence-electron chi connectivity index (χ4n) is 2.83. The number of aliphatic imine (C=N–C) groups is 2. The van der Waals surface area contributed by atoms with Crippen LogP contribution in [0.3, 0.4) is 0 Å². The summed E-state index contributed by atoms with van der Waals surface area (Å²) in [6, 6.07) is 1.15. The van der Waals surface area contributed by atoms with Crippen LogP contribution in [0.1, 0.15) is 41.5 Å². The SMILES string of the molecule is CC(C)[C@H]1COC(n2cc[n+](C(C)(C)C3=N[C@@H](C(C)C)CO3)c2)=N1. The molecule has 3 heterocycles. The van der Waals surface area contributed by atoms with Crippen LogP contribution < -0.4 is 4.57 Å². The summed E-state index contributed by atoms with van der Waals surface area (Å²) in [5, 5.41) is 0. The molecule has 0 amide bonds. The zero-order chi connectivity index (χ0) is 17.5. The van der Waals surface area contributed by atoms with Gasteiger partial charge in [0.15, 0.2) is 5.54 Å². The van der Waals surface area contributed by atoms with Gasteiger partial charge >= 0.3 is 6.02 Å². The lowest BCUT2D eigenvalue weighted by molar-refractivity contribution is -0.739. The van der Waals surface area contributed by atoms with Crippen molar-refractivity contribution in [3.63, 3.8) is 0 Å². The molecule has 3 rings (SSSR count). The first kappa shape index (κ1) is 17.0. The van der Waals surface area contributed by atoms with Gasteiger partial charge < -0.3 is 9.47 Å². The van der Waals surface area contributed by atoms with Gasteiger partial charge in [-0.15, -0.1) is 0 Å².